The minimum absolute atomic E-state index is 0. The summed E-state index contributed by atoms with van der Waals surface area (Å²) < 4.78 is 6.64. The van der Waals surface area contributed by atoms with Crippen molar-refractivity contribution in [2.24, 2.45) is 0 Å². The molecule has 7 heteroatoms. The van der Waals surface area contributed by atoms with Gasteiger partial charge >= 0.3 is 0 Å². The van der Waals surface area contributed by atoms with Crippen LogP contribution in [0.4, 0.5) is 5.69 Å². The van der Waals surface area contributed by atoms with E-state index in [0.717, 1.165) is 29.0 Å². The van der Waals surface area contributed by atoms with Crippen LogP contribution in [0.3, 0.4) is 0 Å². The minimum atomic E-state index is -0.720. The zero-order valence-electron chi connectivity index (χ0n) is 11.7. The smallest absolute Gasteiger partial charge is 0.256 e. The maximum atomic E-state index is 12.5. The van der Waals surface area contributed by atoms with Gasteiger partial charge < -0.3 is 15.4 Å². The average molecular weight is 328 g/mol. The maximum absolute atomic E-state index is 12.5. The highest BCUT2D eigenvalue weighted by Crippen LogP contribution is 2.26. The molecule has 0 bridgehead atoms. The number of aromatic nitrogens is 1. The van der Waals surface area contributed by atoms with Gasteiger partial charge in [0.25, 0.3) is 5.91 Å². The van der Waals surface area contributed by atoms with Crippen molar-refractivity contribution in [3.05, 3.63) is 23.7 Å². The Morgan fingerprint density at radius 2 is 2.19 bits per heavy atom. The molecule has 1 saturated heterocycles. The van der Waals surface area contributed by atoms with E-state index < -0.39 is 5.60 Å². The highest BCUT2D eigenvalue weighted by Gasteiger charge is 2.39. The first-order valence-electron chi connectivity index (χ1n) is 6.64. The van der Waals surface area contributed by atoms with E-state index in [1.165, 1.54) is 0 Å². The fraction of sp³-hybridized carbons (Fsp3) is 0.429. The molecule has 1 aromatic carbocycles. The van der Waals surface area contributed by atoms with Gasteiger partial charge in [-0.3, -0.25) is 4.79 Å². The second kappa shape index (κ2) is 6.70. The number of amides is 1. The van der Waals surface area contributed by atoms with Crippen LogP contribution in [-0.2, 0) is 9.53 Å². The fourth-order valence-electron chi connectivity index (χ4n) is 2.54. The van der Waals surface area contributed by atoms with Gasteiger partial charge in [-0.05, 0) is 44.1 Å². The van der Waals surface area contributed by atoms with E-state index in [9.17, 15) is 4.79 Å². The zero-order chi connectivity index (χ0) is 14.0. The monoisotopic (exact) mass is 327 g/mol. The standard InChI is InChI=1S/C14H17N3O2S.ClH/c1-19-14(4-6-15-7-5-14)13(18)17-10-2-3-12-11(8-10)16-9-20-12;/h2-3,8-9,15H,4-7H2,1H3,(H,17,18);1H. The van der Waals surface area contributed by atoms with E-state index >= 15 is 0 Å². The van der Waals surface area contributed by atoms with Crippen molar-refractivity contribution in [2.75, 3.05) is 25.5 Å². The molecular formula is C14H18ClN3O2S. The number of thiazole rings is 1. The number of benzene rings is 1. The normalized spacial score (nSPS) is 17.2. The van der Waals surface area contributed by atoms with Gasteiger partial charge in [0.15, 0.2) is 0 Å². The predicted octanol–water partition coefficient (Wildman–Crippen LogP) is 2.43. The summed E-state index contributed by atoms with van der Waals surface area (Å²) in [5, 5.41) is 6.20. The molecule has 0 spiro atoms. The second-order valence-electron chi connectivity index (χ2n) is 4.94. The molecule has 1 aromatic heterocycles. The van der Waals surface area contributed by atoms with Gasteiger partial charge in [-0.2, -0.15) is 0 Å². The number of hydrogen-bond donors (Lipinski definition) is 2. The lowest BCUT2D eigenvalue weighted by atomic mass is 9.91. The number of carbonyl (C=O) groups is 1. The number of rotatable bonds is 3. The molecule has 0 unspecified atom stereocenters. The van der Waals surface area contributed by atoms with Gasteiger partial charge in [0.2, 0.25) is 0 Å². The Morgan fingerprint density at radius 3 is 2.90 bits per heavy atom. The van der Waals surface area contributed by atoms with Crippen molar-refractivity contribution in [1.29, 1.82) is 0 Å². The minimum Gasteiger partial charge on any atom is -0.368 e. The zero-order valence-corrected chi connectivity index (χ0v) is 13.4. The molecular weight excluding hydrogens is 310 g/mol. The molecule has 1 aliphatic rings. The molecule has 3 rings (SSSR count). The summed E-state index contributed by atoms with van der Waals surface area (Å²) in [6.45, 7) is 1.60. The van der Waals surface area contributed by atoms with Gasteiger partial charge in [0.05, 0.1) is 15.7 Å². The number of hydrogen-bond acceptors (Lipinski definition) is 5. The number of methoxy groups -OCH3 is 1. The van der Waals surface area contributed by atoms with Crippen molar-refractivity contribution in [1.82, 2.24) is 10.3 Å². The lowest BCUT2D eigenvalue weighted by molar-refractivity contribution is -0.140. The lowest BCUT2D eigenvalue weighted by Crippen LogP contribution is -2.51. The number of piperidine rings is 1. The highest BCUT2D eigenvalue weighted by molar-refractivity contribution is 7.16. The Bertz CT molecular complexity index is 625. The third-order valence-electron chi connectivity index (χ3n) is 3.80. The number of nitrogens with zero attached hydrogens (tertiary/aromatic N) is 1. The topological polar surface area (TPSA) is 63.2 Å². The molecule has 2 heterocycles. The van der Waals surface area contributed by atoms with Gasteiger partial charge in [-0.1, -0.05) is 0 Å². The van der Waals surface area contributed by atoms with Gasteiger partial charge in [-0.25, -0.2) is 4.98 Å². The molecule has 0 aliphatic carbocycles. The molecule has 1 fully saturated rings. The quantitative estimate of drug-likeness (QED) is 0.909. The summed E-state index contributed by atoms with van der Waals surface area (Å²) in [5.41, 5.74) is 2.76. The molecule has 0 saturated carbocycles. The van der Waals surface area contributed by atoms with Gasteiger partial charge in [-0.15, -0.1) is 23.7 Å². The Balaban J connectivity index is 0.00000161. The molecule has 21 heavy (non-hydrogen) atoms. The van der Waals surface area contributed by atoms with Crippen LogP contribution in [0.25, 0.3) is 10.2 Å². The summed E-state index contributed by atoms with van der Waals surface area (Å²) in [7, 11) is 1.61. The average Bonchev–Trinajstić information content (AvgIpc) is 2.95. The van der Waals surface area contributed by atoms with Crippen molar-refractivity contribution in [2.45, 2.75) is 18.4 Å². The van der Waals surface area contributed by atoms with E-state index in [2.05, 4.69) is 15.6 Å². The van der Waals surface area contributed by atoms with Crippen molar-refractivity contribution in [3.8, 4) is 0 Å². The van der Waals surface area contributed by atoms with E-state index in [-0.39, 0.29) is 18.3 Å². The first kappa shape index (κ1) is 16.2. The van der Waals surface area contributed by atoms with Gasteiger partial charge in [0, 0.05) is 12.8 Å². The van der Waals surface area contributed by atoms with Crippen molar-refractivity contribution < 1.29 is 9.53 Å². The third kappa shape index (κ3) is 3.18. The van der Waals surface area contributed by atoms with Crippen molar-refractivity contribution >= 4 is 45.6 Å². The molecule has 1 amide bonds. The van der Waals surface area contributed by atoms with Crippen LogP contribution in [0.5, 0.6) is 0 Å². The molecule has 0 radical (unpaired) electrons. The number of carbonyl (C=O) groups excluding carboxylic acids is 1. The first-order valence-corrected chi connectivity index (χ1v) is 7.52. The van der Waals surface area contributed by atoms with Gasteiger partial charge in [0.1, 0.15) is 5.60 Å². The summed E-state index contributed by atoms with van der Waals surface area (Å²) >= 11 is 1.59. The molecule has 5 nitrogen and oxygen atoms in total. The fourth-order valence-corrected chi connectivity index (χ4v) is 3.19. The van der Waals surface area contributed by atoms with Crippen molar-refractivity contribution in [3.63, 3.8) is 0 Å². The van der Waals surface area contributed by atoms with Crippen LogP contribution in [0, 0.1) is 0 Å². The molecule has 114 valence electrons. The Morgan fingerprint density at radius 1 is 1.43 bits per heavy atom. The van der Waals surface area contributed by atoms with Crippen LogP contribution >= 0.6 is 23.7 Å². The highest BCUT2D eigenvalue weighted by atomic mass is 35.5. The number of fused-ring (bicyclic) bond motifs is 1. The van der Waals surface area contributed by atoms with E-state index in [4.69, 9.17) is 4.74 Å². The molecule has 1 aliphatic heterocycles. The van der Waals surface area contributed by atoms with E-state index in [1.54, 1.807) is 24.0 Å². The number of anilines is 1. The SMILES string of the molecule is COC1(C(=O)Nc2ccc3scnc3c2)CCNCC1.Cl. The second-order valence-corrected chi connectivity index (χ2v) is 5.82. The Kier molecular flexibility index (Phi) is 5.16. The lowest BCUT2D eigenvalue weighted by Gasteiger charge is -2.34. The number of nitrogens with one attached hydrogen (secondary N) is 2. The molecule has 2 aromatic rings. The summed E-state index contributed by atoms with van der Waals surface area (Å²) in [4.78, 5) is 16.8. The number of ether oxygens (including phenoxy) is 1. The van der Waals surface area contributed by atoms with Crippen LogP contribution in [0.1, 0.15) is 12.8 Å². The predicted molar refractivity (Wildman–Crippen MR) is 87.3 cm³/mol. The molecule has 0 atom stereocenters. The largest absolute Gasteiger partial charge is 0.368 e. The van der Waals surface area contributed by atoms with E-state index in [1.807, 2.05) is 18.2 Å². The summed E-state index contributed by atoms with van der Waals surface area (Å²) in [5.74, 6) is -0.0731. The summed E-state index contributed by atoms with van der Waals surface area (Å²) in [6.07, 6.45) is 1.38. The third-order valence-corrected chi connectivity index (χ3v) is 4.61. The van der Waals surface area contributed by atoms with Crippen LogP contribution in [0.15, 0.2) is 23.7 Å². The molecule has 2 N–H and O–H groups in total. The summed E-state index contributed by atoms with van der Waals surface area (Å²) in [6, 6.07) is 5.78. The van der Waals surface area contributed by atoms with E-state index in [0.29, 0.717) is 12.8 Å². The Hall–Kier alpha value is -1.21. The van der Waals surface area contributed by atoms with Crippen LogP contribution < -0.4 is 10.6 Å². The Labute approximate surface area is 133 Å². The first-order chi connectivity index (χ1) is 9.73. The number of halogens is 1. The van der Waals surface area contributed by atoms with Crippen LogP contribution in [-0.4, -0.2) is 36.7 Å². The maximum Gasteiger partial charge on any atom is 0.256 e. The van der Waals surface area contributed by atoms with Crippen LogP contribution in [0.2, 0.25) is 0 Å².